The normalized spacial score (nSPS) is 11.1. The van der Waals surface area contributed by atoms with Crippen LogP contribution in [0.25, 0.3) is 5.52 Å². The molecule has 0 fully saturated rings. The van der Waals surface area contributed by atoms with Gasteiger partial charge in [-0.3, -0.25) is 9.20 Å². The van der Waals surface area contributed by atoms with Crippen LogP contribution in [0, 0.1) is 6.92 Å². The van der Waals surface area contributed by atoms with Crippen molar-refractivity contribution in [2.45, 2.75) is 52.4 Å². The molecule has 0 radical (unpaired) electrons. The van der Waals surface area contributed by atoms with Crippen molar-refractivity contribution in [3.8, 4) is 0 Å². The standard InChI is InChI=1S/C17H23NO/c1-3-4-5-6-7-8-15-12-16-11-14(2)9-10-18(16)17(19)13-15/h9-13H,3-8H2,1-2H3. The van der Waals surface area contributed by atoms with Gasteiger partial charge in [-0.1, -0.05) is 32.6 Å². The lowest BCUT2D eigenvalue weighted by Gasteiger charge is -2.06. The molecular formula is C17H23NO. The first-order valence-electron chi connectivity index (χ1n) is 7.32. The third-order valence-corrected chi connectivity index (χ3v) is 3.59. The Morgan fingerprint density at radius 2 is 1.84 bits per heavy atom. The fraction of sp³-hybridized carbons (Fsp3) is 0.471. The molecular weight excluding hydrogens is 234 g/mol. The van der Waals surface area contributed by atoms with E-state index in [1.807, 2.05) is 12.3 Å². The first-order chi connectivity index (χ1) is 9.20. The van der Waals surface area contributed by atoms with Gasteiger partial charge in [0.15, 0.2) is 0 Å². The summed E-state index contributed by atoms with van der Waals surface area (Å²) in [4.78, 5) is 12.0. The highest BCUT2D eigenvalue weighted by molar-refractivity contribution is 5.50. The summed E-state index contributed by atoms with van der Waals surface area (Å²) in [5.74, 6) is 0. The molecule has 0 saturated heterocycles. The predicted molar refractivity (Wildman–Crippen MR) is 80.9 cm³/mol. The first-order valence-corrected chi connectivity index (χ1v) is 7.32. The summed E-state index contributed by atoms with van der Waals surface area (Å²) in [5, 5.41) is 0. The zero-order valence-corrected chi connectivity index (χ0v) is 12.0. The quantitative estimate of drug-likeness (QED) is 0.713. The maximum Gasteiger partial charge on any atom is 0.255 e. The molecule has 0 aliphatic rings. The fourth-order valence-corrected chi connectivity index (χ4v) is 2.48. The molecule has 0 saturated carbocycles. The summed E-state index contributed by atoms with van der Waals surface area (Å²) in [5.41, 5.74) is 3.46. The maximum absolute atomic E-state index is 12.0. The second-order valence-electron chi connectivity index (χ2n) is 5.37. The second kappa shape index (κ2) is 6.55. The minimum absolute atomic E-state index is 0.0843. The molecule has 2 aromatic rings. The molecule has 0 N–H and O–H groups in total. The van der Waals surface area contributed by atoms with Crippen molar-refractivity contribution in [3.05, 3.63) is 51.9 Å². The zero-order chi connectivity index (χ0) is 13.7. The summed E-state index contributed by atoms with van der Waals surface area (Å²) in [6.07, 6.45) is 9.22. The summed E-state index contributed by atoms with van der Waals surface area (Å²) in [7, 11) is 0. The van der Waals surface area contributed by atoms with E-state index in [4.69, 9.17) is 0 Å². The maximum atomic E-state index is 12.0. The molecule has 0 aliphatic heterocycles. The van der Waals surface area contributed by atoms with Crippen molar-refractivity contribution in [1.82, 2.24) is 4.40 Å². The minimum Gasteiger partial charge on any atom is -0.284 e. The number of fused-ring (bicyclic) bond motifs is 1. The van der Waals surface area contributed by atoms with Crippen LogP contribution in [0.1, 0.15) is 50.2 Å². The van der Waals surface area contributed by atoms with Gasteiger partial charge in [-0.2, -0.15) is 0 Å². The molecule has 0 amide bonds. The van der Waals surface area contributed by atoms with Gasteiger partial charge in [0.1, 0.15) is 0 Å². The van der Waals surface area contributed by atoms with Crippen LogP contribution in [0.2, 0.25) is 0 Å². The van der Waals surface area contributed by atoms with Crippen LogP contribution in [0.5, 0.6) is 0 Å². The van der Waals surface area contributed by atoms with Gasteiger partial charge >= 0.3 is 0 Å². The summed E-state index contributed by atoms with van der Waals surface area (Å²) in [6.45, 7) is 4.29. The van der Waals surface area contributed by atoms with Crippen LogP contribution in [0.15, 0.2) is 35.3 Å². The third kappa shape index (κ3) is 3.69. The third-order valence-electron chi connectivity index (χ3n) is 3.59. The number of rotatable bonds is 6. The van der Waals surface area contributed by atoms with E-state index >= 15 is 0 Å². The lowest BCUT2D eigenvalue weighted by atomic mass is 10.1. The van der Waals surface area contributed by atoms with E-state index in [-0.39, 0.29) is 5.56 Å². The smallest absolute Gasteiger partial charge is 0.255 e. The molecule has 0 bridgehead atoms. The van der Waals surface area contributed by atoms with E-state index < -0.39 is 0 Å². The number of aryl methyl sites for hydroxylation is 2. The van der Waals surface area contributed by atoms with Crippen molar-refractivity contribution in [3.63, 3.8) is 0 Å². The molecule has 0 aliphatic carbocycles. The number of unbranched alkanes of at least 4 members (excludes halogenated alkanes) is 4. The number of hydrogen-bond acceptors (Lipinski definition) is 1. The lowest BCUT2D eigenvalue weighted by Crippen LogP contribution is -2.13. The van der Waals surface area contributed by atoms with Crippen molar-refractivity contribution < 1.29 is 0 Å². The van der Waals surface area contributed by atoms with Gasteiger partial charge in [0, 0.05) is 17.8 Å². The van der Waals surface area contributed by atoms with Gasteiger partial charge in [-0.25, -0.2) is 0 Å². The molecule has 2 aromatic heterocycles. The van der Waals surface area contributed by atoms with E-state index in [1.54, 1.807) is 10.5 Å². The van der Waals surface area contributed by atoms with Crippen molar-refractivity contribution >= 4 is 5.52 Å². The van der Waals surface area contributed by atoms with Gasteiger partial charge in [-0.05, 0) is 49.1 Å². The van der Waals surface area contributed by atoms with Gasteiger partial charge in [0.25, 0.3) is 5.56 Å². The molecule has 0 unspecified atom stereocenters. The molecule has 0 spiro atoms. The molecule has 2 nitrogen and oxygen atoms in total. The SMILES string of the molecule is CCCCCCCc1cc(=O)n2ccc(C)cc2c1. The van der Waals surface area contributed by atoms with Crippen molar-refractivity contribution in [2.24, 2.45) is 0 Å². The highest BCUT2D eigenvalue weighted by Gasteiger charge is 2.01. The van der Waals surface area contributed by atoms with E-state index in [0.29, 0.717) is 0 Å². The van der Waals surface area contributed by atoms with E-state index in [9.17, 15) is 4.79 Å². The Balaban J connectivity index is 2.09. The molecule has 2 heteroatoms. The van der Waals surface area contributed by atoms with E-state index in [0.717, 1.165) is 11.9 Å². The van der Waals surface area contributed by atoms with Gasteiger partial charge in [0.05, 0.1) is 0 Å². The topological polar surface area (TPSA) is 21.5 Å². The molecule has 0 atom stereocenters. The monoisotopic (exact) mass is 257 g/mol. The predicted octanol–water partition coefficient (Wildman–Crippen LogP) is 4.12. The Labute approximate surface area is 115 Å². The highest BCUT2D eigenvalue weighted by Crippen LogP contribution is 2.11. The summed E-state index contributed by atoms with van der Waals surface area (Å²) >= 11 is 0. The summed E-state index contributed by atoms with van der Waals surface area (Å²) < 4.78 is 1.72. The number of pyridine rings is 2. The Bertz CT molecular complexity index is 598. The second-order valence-corrected chi connectivity index (χ2v) is 5.37. The van der Waals surface area contributed by atoms with Gasteiger partial charge in [-0.15, -0.1) is 0 Å². The Hall–Kier alpha value is -1.57. The molecule has 19 heavy (non-hydrogen) atoms. The van der Waals surface area contributed by atoms with Crippen LogP contribution in [0.4, 0.5) is 0 Å². The van der Waals surface area contributed by atoms with Crippen LogP contribution in [-0.2, 0) is 6.42 Å². The van der Waals surface area contributed by atoms with Crippen LogP contribution < -0.4 is 5.56 Å². The van der Waals surface area contributed by atoms with Gasteiger partial charge in [0.2, 0.25) is 0 Å². The first kappa shape index (κ1) is 13.9. The van der Waals surface area contributed by atoms with E-state index in [2.05, 4.69) is 26.0 Å². The fourth-order valence-electron chi connectivity index (χ4n) is 2.48. The van der Waals surface area contributed by atoms with Crippen molar-refractivity contribution in [2.75, 3.05) is 0 Å². The van der Waals surface area contributed by atoms with Crippen LogP contribution in [-0.4, -0.2) is 4.40 Å². The van der Waals surface area contributed by atoms with E-state index in [1.165, 1.54) is 43.2 Å². The molecule has 102 valence electrons. The Kier molecular flexibility index (Phi) is 4.78. The Morgan fingerprint density at radius 1 is 1.05 bits per heavy atom. The van der Waals surface area contributed by atoms with Gasteiger partial charge < -0.3 is 0 Å². The number of aromatic nitrogens is 1. The Morgan fingerprint density at radius 3 is 2.63 bits per heavy atom. The summed E-state index contributed by atoms with van der Waals surface area (Å²) in [6, 6.07) is 7.97. The minimum atomic E-state index is 0.0843. The van der Waals surface area contributed by atoms with Crippen LogP contribution in [0.3, 0.4) is 0 Å². The lowest BCUT2D eigenvalue weighted by molar-refractivity contribution is 0.632. The molecule has 2 rings (SSSR count). The molecule has 0 aromatic carbocycles. The number of hydrogen-bond donors (Lipinski definition) is 0. The highest BCUT2D eigenvalue weighted by atomic mass is 16.1. The van der Waals surface area contributed by atoms with Crippen LogP contribution >= 0.6 is 0 Å². The molecule has 2 heterocycles. The number of nitrogens with zero attached hydrogens (tertiary/aromatic N) is 1. The average molecular weight is 257 g/mol. The zero-order valence-electron chi connectivity index (χ0n) is 12.0. The largest absolute Gasteiger partial charge is 0.284 e. The van der Waals surface area contributed by atoms with Crippen molar-refractivity contribution in [1.29, 1.82) is 0 Å². The average Bonchev–Trinajstić information content (AvgIpc) is 2.38.